The van der Waals surface area contributed by atoms with Crippen LogP contribution in [0, 0.1) is 11.3 Å². The maximum atomic E-state index is 12.4. The van der Waals surface area contributed by atoms with Crippen LogP contribution in [-0.4, -0.2) is 21.4 Å². The summed E-state index contributed by atoms with van der Waals surface area (Å²) in [5.74, 6) is -1.21. The van der Waals surface area contributed by atoms with Crippen LogP contribution < -0.4 is 21.3 Å². The summed E-state index contributed by atoms with van der Waals surface area (Å²) < 4.78 is 42.1. The van der Waals surface area contributed by atoms with Gasteiger partial charge in [-0.3, -0.25) is 14.2 Å². The second-order valence-corrected chi connectivity index (χ2v) is 5.98. The van der Waals surface area contributed by atoms with Gasteiger partial charge in [-0.05, 0) is 37.1 Å². The number of nitrogens with zero attached hydrogens (tertiary/aromatic N) is 3. The van der Waals surface area contributed by atoms with Crippen molar-refractivity contribution < 1.29 is 22.7 Å². The Morgan fingerprint density at radius 1 is 1.25 bits per heavy atom. The van der Waals surface area contributed by atoms with Crippen LogP contribution in [-0.2, 0) is 24.3 Å². The molecule has 0 radical (unpaired) electrons. The zero-order valence-electron chi connectivity index (χ0n) is 14.2. The number of halogens is 3. The normalized spacial score (nSPS) is 12.9. The molecule has 11 heteroatoms. The standard InChI is InChI=1S/C17H13F3N4O4/c18-17(19,20)28-11-5-3-10(4-6-11)22-14(25)9-24-15(26)12(8-21)13-2-1-7-23(13)16(24)27/h3-6H,1-2,7,9H2,(H,22,25). The molecule has 1 N–H and O–H groups in total. The average molecular weight is 394 g/mol. The van der Waals surface area contributed by atoms with E-state index in [1.54, 1.807) is 6.07 Å². The van der Waals surface area contributed by atoms with Crippen molar-refractivity contribution in [2.24, 2.45) is 0 Å². The molecule has 0 unspecified atom stereocenters. The van der Waals surface area contributed by atoms with Gasteiger partial charge in [0.1, 0.15) is 23.9 Å². The molecule has 1 aromatic heterocycles. The Bertz CT molecular complexity index is 1080. The number of hydrogen-bond donors (Lipinski definition) is 1. The van der Waals surface area contributed by atoms with Crippen LogP contribution in [0.5, 0.6) is 5.75 Å². The summed E-state index contributed by atoms with van der Waals surface area (Å²) >= 11 is 0. The van der Waals surface area contributed by atoms with Crippen LogP contribution in [0.25, 0.3) is 0 Å². The van der Waals surface area contributed by atoms with Crippen molar-refractivity contribution in [2.45, 2.75) is 32.3 Å². The minimum absolute atomic E-state index is 0.148. The van der Waals surface area contributed by atoms with E-state index in [9.17, 15) is 32.8 Å². The summed E-state index contributed by atoms with van der Waals surface area (Å²) in [5, 5.41) is 11.6. The summed E-state index contributed by atoms with van der Waals surface area (Å²) in [6, 6.07) is 6.15. The van der Waals surface area contributed by atoms with E-state index in [0.717, 1.165) is 12.1 Å². The van der Waals surface area contributed by atoms with E-state index in [1.807, 2.05) is 0 Å². The number of rotatable bonds is 4. The summed E-state index contributed by atoms with van der Waals surface area (Å²) in [4.78, 5) is 37.0. The van der Waals surface area contributed by atoms with E-state index >= 15 is 0 Å². The third-order valence-corrected chi connectivity index (χ3v) is 4.12. The van der Waals surface area contributed by atoms with E-state index in [1.165, 1.54) is 16.7 Å². The monoisotopic (exact) mass is 394 g/mol. The average Bonchev–Trinajstić information content (AvgIpc) is 3.09. The molecule has 1 aromatic carbocycles. The van der Waals surface area contributed by atoms with Gasteiger partial charge in [-0.1, -0.05) is 0 Å². The van der Waals surface area contributed by atoms with E-state index in [-0.39, 0.29) is 11.3 Å². The van der Waals surface area contributed by atoms with E-state index in [4.69, 9.17) is 0 Å². The summed E-state index contributed by atoms with van der Waals surface area (Å²) in [7, 11) is 0. The molecule has 8 nitrogen and oxygen atoms in total. The first-order chi connectivity index (χ1) is 13.2. The Hall–Kier alpha value is -3.55. The van der Waals surface area contributed by atoms with Crippen LogP contribution in [0.2, 0.25) is 0 Å². The van der Waals surface area contributed by atoms with Crippen molar-refractivity contribution in [1.29, 1.82) is 5.26 Å². The largest absolute Gasteiger partial charge is 0.573 e. The minimum Gasteiger partial charge on any atom is -0.406 e. The maximum absolute atomic E-state index is 12.4. The molecule has 2 aromatic rings. The smallest absolute Gasteiger partial charge is 0.406 e. The molecule has 2 heterocycles. The van der Waals surface area contributed by atoms with Gasteiger partial charge < -0.3 is 10.1 Å². The number of ether oxygens (including phenoxy) is 1. The lowest BCUT2D eigenvalue weighted by Gasteiger charge is -2.12. The SMILES string of the molecule is N#Cc1c2n(c(=O)n(CC(=O)Nc3ccc(OC(F)(F)F)cc3)c1=O)CCC2. The zero-order valence-corrected chi connectivity index (χ0v) is 14.2. The lowest BCUT2D eigenvalue weighted by Crippen LogP contribution is -2.44. The van der Waals surface area contributed by atoms with Crippen LogP contribution in [0.3, 0.4) is 0 Å². The van der Waals surface area contributed by atoms with Gasteiger partial charge in [-0.15, -0.1) is 13.2 Å². The molecule has 3 rings (SSSR count). The quantitative estimate of drug-likeness (QED) is 0.843. The number of alkyl halides is 3. The van der Waals surface area contributed by atoms with Crippen LogP contribution in [0.1, 0.15) is 17.7 Å². The highest BCUT2D eigenvalue weighted by atomic mass is 19.4. The molecule has 146 valence electrons. The molecule has 0 aliphatic carbocycles. The number of nitrogens with one attached hydrogen (secondary N) is 1. The van der Waals surface area contributed by atoms with Gasteiger partial charge in [0.15, 0.2) is 0 Å². The van der Waals surface area contributed by atoms with Gasteiger partial charge >= 0.3 is 12.1 Å². The van der Waals surface area contributed by atoms with E-state index in [2.05, 4.69) is 10.1 Å². The Labute approximate surface area is 155 Å². The number of anilines is 1. The molecule has 1 aliphatic rings. The van der Waals surface area contributed by atoms with Crippen molar-refractivity contribution in [2.75, 3.05) is 5.32 Å². The summed E-state index contributed by atoms with van der Waals surface area (Å²) in [6.45, 7) is -0.279. The third kappa shape index (κ3) is 3.90. The Morgan fingerprint density at radius 2 is 1.93 bits per heavy atom. The predicted molar refractivity (Wildman–Crippen MR) is 89.8 cm³/mol. The van der Waals surface area contributed by atoms with Crippen molar-refractivity contribution >= 4 is 11.6 Å². The second kappa shape index (κ2) is 7.22. The molecule has 0 saturated carbocycles. The number of aromatic nitrogens is 2. The number of carbonyl (C=O) groups excluding carboxylic acids is 1. The molecule has 0 fully saturated rings. The molecular formula is C17H13F3N4O4. The highest BCUT2D eigenvalue weighted by Crippen LogP contribution is 2.23. The van der Waals surface area contributed by atoms with Crippen LogP contribution >= 0.6 is 0 Å². The van der Waals surface area contributed by atoms with Gasteiger partial charge in [-0.25, -0.2) is 9.36 Å². The van der Waals surface area contributed by atoms with Crippen LogP contribution in [0.15, 0.2) is 33.9 Å². The lowest BCUT2D eigenvalue weighted by molar-refractivity contribution is -0.274. The number of amides is 1. The van der Waals surface area contributed by atoms with E-state index < -0.39 is 35.8 Å². The number of hydrogen-bond acceptors (Lipinski definition) is 5. The number of benzene rings is 1. The van der Waals surface area contributed by atoms with Crippen LogP contribution in [0.4, 0.5) is 18.9 Å². The van der Waals surface area contributed by atoms with Gasteiger partial charge in [0.2, 0.25) is 5.91 Å². The van der Waals surface area contributed by atoms with Gasteiger partial charge in [-0.2, -0.15) is 5.26 Å². The molecule has 28 heavy (non-hydrogen) atoms. The second-order valence-electron chi connectivity index (χ2n) is 5.98. The number of carbonyl (C=O) groups is 1. The number of fused-ring (bicyclic) bond motifs is 1. The van der Waals surface area contributed by atoms with Crippen molar-refractivity contribution in [3.05, 3.63) is 56.4 Å². The minimum atomic E-state index is -4.83. The lowest BCUT2D eigenvalue weighted by atomic mass is 10.2. The highest BCUT2D eigenvalue weighted by molar-refractivity contribution is 5.90. The number of nitriles is 1. The van der Waals surface area contributed by atoms with Gasteiger partial charge in [0.25, 0.3) is 5.56 Å². The van der Waals surface area contributed by atoms with Gasteiger partial charge in [0, 0.05) is 17.9 Å². The Kier molecular flexibility index (Phi) is 4.96. The first kappa shape index (κ1) is 19.2. The molecule has 1 aliphatic heterocycles. The molecule has 1 amide bonds. The fraction of sp³-hybridized carbons (Fsp3) is 0.294. The molecular weight excluding hydrogens is 381 g/mol. The first-order valence-corrected chi connectivity index (χ1v) is 8.12. The van der Waals surface area contributed by atoms with E-state index in [0.29, 0.717) is 29.6 Å². The fourth-order valence-corrected chi connectivity index (χ4v) is 2.97. The van der Waals surface area contributed by atoms with Crippen molar-refractivity contribution in [1.82, 2.24) is 9.13 Å². The predicted octanol–water partition coefficient (Wildman–Crippen LogP) is 1.37. The Morgan fingerprint density at radius 3 is 2.54 bits per heavy atom. The van der Waals surface area contributed by atoms with Crippen molar-refractivity contribution in [3.63, 3.8) is 0 Å². The molecule has 0 spiro atoms. The molecule has 0 atom stereocenters. The topological polar surface area (TPSA) is 106 Å². The third-order valence-electron chi connectivity index (χ3n) is 4.12. The summed E-state index contributed by atoms with van der Waals surface area (Å²) in [6.07, 6.45) is -3.78. The summed E-state index contributed by atoms with van der Waals surface area (Å²) in [5.41, 5.74) is -1.17. The van der Waals surface area contributed by atoms with Gasteiger partial charge in [0.05, 0.1) is 0 Å². The highest BCUT2D eigenvalue weighted by Gasteiger charge is 2.31. The Balaban J connectivity index is 1.79. The first-order valence-electron chi connectivity index (χ1n) is 8.12. The maximum Gasteiger partial charge on any atom is 0.573 e. The molecule has 0 saturated heterocycles. The zero-order chi connectivity index (χ0) is 20.5. The molecule has 0 bridgehead atoms. The van der Waals surface area contributed by atoms with Crippen molar-refractivity contribution in [3.8, 4) is 11.8 Å². The fourth-order valence-electron chi connectivity index (χ4n) is 2.97.